The zero-order chi connectivity index (χ0) is 11.5. The number of hydrogen-bond acceptors (Lipinski definition) is 4. The molecule has 88 valence electrons. The van der Waals surface area contributed by atoms with Gasteiger partial charge in [0.25, 0.3) is 5.56 Å². The monoisotopic (exact) mass is 223 g/mol. The fourth-order valence-corrected chi connectivity index (χ4v) is 1.84. The number of nitrogens with zero attached hydrogens (tertiary/aromatic N) is 3. The van der Waals surface area contributed by atoms with Crippen LogP contribution in [0, 0.1) is 0 Å². The van der Waals surface area contributed by atoms with Gasteiger partial charge >= 0.3 is 0 Å². The maximum atomic E-state index is 12.0. The minimum atomic E-state index is -0.0645. The van der Waals surface area contributed by atoms with Gasteiger partial charge in [-0.05, 0) is 19.8 Å². The van der Waals surface area contributed by atoms with Gasteiger partial charge in [0.2, 0.25) is 0 Å². The van der Waals surface area contributed by atoms with Crippen LogP contribution in [0.5, 0.6) is 0 Å². The van der Waals surface area contributed by atoms with E-state index >= 15 is 0 Å². The van der Waals surface area contributed by atoms with Crippen LogP contribution in [0.1, 0.15) is 19.8 Å². The van der Waals surface area contributed by atoms with Gasteiger partial charge in [0.1, 0.15) is 0 Å². The first kappa shape index (κ1) is 11.1. The van der Waals surface area contributed by atoms with Crippen molar-refractivity contribution in [3.8, 4) is 0 Å². The Morgan fingerprint density at radius 3 is 2.94 bits per heavy atom. The first-order valence-electron chi connectivity index (χ1n) is 5.71. The molecule has 16 heavy (non-hydrogen) atoms. The minimum Gasteiger partial charge on any atom is -0.395 e. The zero-order valence-electron chi connectivity index (χ0n) is 9.46. The summed E-state index contributed by atoms with van der Waals surface area (Å²) in [5, 5.41) is 9.01. The van der Waals surface area contributed by atoms with E-state index in [0.717, 1.165) is 12.8 Å². The molecule has 1 aromatic heterocycles. The van der Waals surface area contributed by atoms with Crippen LogP contribution in [0.25, 0.3) is 0 Å². The van der Waals surface area contributed by atoms with Crippen molar-refractivity contribution in [2.45, 2.75) is 32.4 Å². The van der Waals surface area contributed by atoms with Gasteiger partial charge in [0.15, 0.2) is 5.82 Å². The highest BCUT2D eigenvalue weighted by Crippen LogP contribution is 2.28. The molecule has 1 N–H and O–H groups in total. The van der Waals surface area contributed by atoms with Gasteiger partial charge in [-0.25, -0.2) is 4.98 Å². The van der Waals surface area contributed by atoms with E-state index in [4.69, 9.17) is 5.11 Å². The third-order valence-electron chi connectivity index (χ3n) is 2.84. The molecule has 1 aliphatic carbocycles. The molecule has 5 heteroatoms. The molecule has 0 unspecified atom stereocenters. The van der Waals surface area contributed by atoms with Gasteiger partial charge in [0, 0.05) is 31.5 Å². The fraction of sp³-hybridized carbons (Fsp3) is 0.636. The largest absolute Gasteiger partial charge is 0.395 e. The number of aryl methyl sites for hydroxylation is 1. The lowest BCUT2D eigenvalue weighted by Crippen LogP contribution is -2.36. The highest BCUT2D eigenvalue weighted by atomic mass is 16.3. The van der Waals surface area contributed by atoms with Crippen molar-refractivity contribution in [2.24, 2.45) is 0 Å². The summed E-state index contributed by atoms with van der Waals surface area (Å²) < 4.78 is 1.63. The second-order valence-corrected chi connectivity index (χ2v) is 3.99. The van der Waals surface area contributed by atoms with Crippen LogP contribution in [0.15, 0.2) is 17.2 Å². The van der Waals surface area contributed by atoms with E-state index in [1.165, 1.54) is 0 Å². The summed E-state index contributed by atoms with van der Waals surface area (Å²) in [6.45, 7) is 3.12. The van der Waals surface area contributed by atoms with Crippen LogP contribution in [-0.2, 0) is 6.54 Å². The molecule has 0 atom stereocenters. The summed E-state index contributed by atoms with van der Waals surface area (Å²) >= 11 is 0. The summed E-state index contributed by atoms with van der Waals surface area (Å²) in [6.07, 6.45) is 5.51. The van der Waals surface area contributed by atoms with Gasteiger partial charge in [0.05, 0.1) is 6.61 Å². The molecule has 1 aliphatic rings. The van der Waals surface area contributed by atoms with Gasteiger partial charge in [-0.1, -0.05) is 0 Å². The Hall–Kier alpha value is -1.36. The molecule has 1 saturated carbocycles. The predicted octanol–water partition coefficient (Wildman–Crippen LogP) is 0.224. The summed E-state index contributed by atoms with van der Waals surface area (Å²) in [4.78, 5) is 18.1. The predicted molar refractivity (Wildman–Crippen MR) is 61.6 cm³/mol. The summed E-state index contributed by atoms with van der Waals surface area (Å²) in [6, 6.07) is 0.389. The Balaban J connectivity index is 2.33. The maximum Gasteiger partial charge on any atom is 0.293 e. The van der Waals surface area contributed by atoms with Crippen molar-refractivity contribution in [3.05, 3.63) is 22.7 Å². The average molecular weight is 223 g/mol. The lowest BCUT2D eigenvalue weighted by Gasteiger charge is -2.21. The summed E-state index contributed by atoms with van der Waals surface area (Å²) in [7, 11) is 0. The highest BCUT2D eigenvalue weighted by molar-refractivity contribution is 5.39. The average Bonchev–Trinajstić information content (AvgIpc) is 3.11. The van der Waals surface area contributed by atoms with E-state index in [1.807, 2.05) is 11.8 Å². The number of hydrogen-bond donors (Lipinski definition) is 1. The van der Waals surface area contributed by atoms with E-state index in [1.54, 1.807) is 17.0 Å². The molecule has 1 aromatic rings. The molecule has 0 aromatic carbocycles. The van der Waals surface area contributed by atoms with Crippen LogP contribution in [0.3, 0.4) is 0 Å². The Morgan fingerprint density at radius 1 is 1.62 bits per heavy atom. The number of aliphatic hydroxyl groups excluding tert-OH is 1. The molecular formula is C11H17N3O2. The third kappa shape index (κ3) is 2.09. The van der Waals surface area contributed by atoms with Crippen molar-refractivity contribution >= 4 is 5.82 Å². The van der Waals surface area contributed by atoms with Crippen LogP contribution >= 0.6 is 0 Å². The van der Waals surface area contributed by atoms with Gasteiger partial charge in [-0.15, -0.1) is 0 Å². The van der Waals surface area contributed by atoms with Crippen molar-refractivity contribution in [3.63, 3.8) is 0 Å². The molecule has 0 amide bonds. The molecule has 1 fully saturated rings. The summed E-state index contributed by atoms with van der Waals surface area (Å²) in [5.41, 5.74) is -0.0645. The van der Waals surface area contributed by atoms with Crippen molar-refractivity contribution in [1.29, 1.82) is 0 Å². The smallest absolute Gasteiger partial charge is 0.293 e. The first-order chi connectivity index (χ1) is 7.77. The van der Waals surface area contributed by atoms with Crippen LogP contribution in [0.4, 0.5) is 5.82 Å². The van der Waals surface area contributed by atoms with Gasteiger partial charge < -0.3 is 14.6 Å². The lowest BCUT2D eigenvalue weighted by molar-refractivity contribution is 0.301. The molecule has 5 nitrogen and oxygen atoms in total. The molecule has 0 bridgehead atoms. The number of aromatic nitrogens is 2. The topological polar surface area (TPSA) is 58.4 Å². The van der Waals surface area contributed by atoms with E-state index < -0.39 is 0 Å². The summed E-state index contributed by atoms with van der Waals surface area (Å²) in [5.74, 6) is 0.473. The SMILES string of the molecule is CCn1ccnc(N(CCO)C2CC2)c1=O. The molecular weight excluding hydrogens is 206 g/mol. The number of rotatable bonds is 5. The Bertz CT molecular complexity index is 412. The molecule has 0 saturated heterocycles. The minimum absolute atomic E-state index is 0.0542. The fourth-order valence-electron chi connectivity index (χ4n) is 1.84. The van der Waals surface area contributed by atoms with Crippen molar-refractivity contribution < 1.29 is 5.11 Å². The zero-order valence-corrected chi connectivity index (χ0v) is 9.46. The standard InChI is InChI=1S/C11H17N3O2/c1-2-13-6-5-12-10(11(13)16)14(7-8-15)9-3-4-9/h5-6,9,15H,2-4,7-8H2,1H3. The van der Waals surface area contributed by atoms with E-state index in [2.05, 4.69) is 4.98 Å². The quantitative estimate of drug-likeness (QED) is 0.776. The Labute approximate surface area is 94.3 Å². The molecule has 2 rings (SSSR count). The molecule has 0 spiro atoms. The van der Waals surface area contributed by atoms with Crippen LogP contribution in [0.2, 0.25) is 0 Å². The van der Waals surface area contributed by atoms with Crippen molar-refractivity contribution in [2.75, 3.05) is 18.1 Å². The maximum absolute atomic E-state index is 12.0. The van der Waals surface area contributed by atoms with E-state index in [-0.39, 0.29) is 12.2 Å². The van der Waals surface area contributed by atoms with Crippen molar-refractivity contribution in [1.82, 2.24) is 9.55 Å². The first-order valence-corrected chi connectivity index (χ1v) is 5.71. The highest BCUT2D eigenvalue weighted by Gasteiger charge is 2.31. The third-order valence-corrected chi connectivity index (χ3v) is 2.84. The Kier molecular flexibility index (Phi) is 3.24. The molecule has 1 heterocycles. The normalized spacial score (nSPS) is 15.1. The number of aliphatic hydroxyl groups is 1. The second-order valence-electron chi connectivity index (χ2n) is 3.99. The van der Waals surface area contributed by atoms with Gasteiger partial charge in [-0.3, -0.25) is 4.79 Å². The Morgan fingerprint density at radius 2 is 2.38 bits per heavy atom. The number of anilines is 1. The molecule has 0 aliphatic heterocycles. The lowest BCUT2D eigenvalue weighted by atomic mass is 10.4. The van der Waals surface area contributed by atoms with Crippen LogP contribution < -0.4 is 10.5 Å². The van der Waals surface area contributed by atoms with Crippen LogP contribution in [-0.4, -0.2) is 33.9 Å². The molecule has 0 radical (unpaired) electrons. The van der Waals surface area contributed by atoms with Gasteiger partial charge in [-0.2, -0.15) is 0 Å². The second kappa shape index (κ2) is 4.65. The van der Waals surface area contributed by atoms with E-state index in [0.29, 0.717) is 24.9 Å². The van der Waals surface area contributed by atoms with E-state index in [9.17, 15) is 4.79 Å².